The maximum absolute atomic E-state index is 11.0. The van der Waals surface area contributed by atoms with E-state index in [1.54, 1.807) is 7.11 Å². The summed E-state index contributed by atoms with van der Waals surface area (Å²) in [6, 6.07) is 18.3. The van der Waals surface area contributed by atoms with Crippen LogP contribution in [0.15, 0.2) is 54.6 Å². The molecule has 1 saturated heterocycles. The van der Waals surface area contributed by atoms with Crippen molar-refractivity contribution in [1.82, 2.24) is 0 Å². The number of rotatable bonds is 2. The molecule has 0 saturated carbocycles. The molecule has 0 spiro atoms. The molecule has 1 N–H and O–H groups in total. The lowest BCUT2D eigenvalue weighted by Crippen LogP contribution is -2.29. The monoisotopic (exact) mass is 362 g/mol. The van der Waals surface area contributed by atoms with Gasteiger partial charge in [0, 0.05) is 0 Å². The van der Waals surface area contributed by atoms with Gasteiger partial charge in [-0.25, -0.2) is 0 Å². The summed E-state index contributed by atoms with van der Waals surface area (Å²) in [7, 11) is 1.67. The van der Waals surface area contributed by atoms with Crippen LogP contribution in [0.25, 0.3) is 21.9 Å². The fraction of sp³-hybridized carbons (Fsp3) is 0.304. The minimum atomic E-state index is -0.738. The molecule has 0 radical (unpaired) electrons. The number of aliphatic hydroxyl groups excluding tert-OH is 1. The standard InChI is InChI=1S/C23H22O4/c1-23(2)26-21-19-16(13-7-10-15(25-3)11-8-13)12-9-14-5-4-6-17(18(14)19)20(24)22(21)27-23/h4-12,20-22,24H,1-3H3/t20-,21-,22+/m1/s1. The number of fused-ring (bicyclic) bond motifs is 2. The second-order valence-electron chi connectivity index (χ2n) is 7.67. The second-order valence-corrected chi connectivity index (χ2v) is 7.67. The van der Waals surface area contributed by atoms with E-state index in [1.165, 1.54) is 0 Å². The lowest BCUT2D eigenvalue weighted by atomic mass is 9.79. The van der Waals surface area contributed by atoms with Crippen molar-refractivity contribution in [2.45, 2.75) is 37.9 Å². The van der Waals surface area contributed by atoms with E-state index < -0.39 is 18.0 Å². The fourth-order valence-electron chi connectivity index (χ4n) is 4.42. The van der Waals surface area contributed by atoms with E-state index >= 15 is 0 Å². The predicted molar refractivity (Wildman–Crippen MR) is 104 cm³/mol. The van der Waals surface area contributed by atoms with Gasteiger partial charge >= 0.3 is 0 Å². The molecule has 1 aliphatic carbocycles. The van der Waals surface area contributed by atoms with Crippen molar-refractivity contribution >= 4 is 10.8 Å². The zero-order chi connectivity index (χ0) is 18.8. The third-order valence-corrected chi connectivity index (χ3v) is 5.56. The number of hydrogen-bond donors (Lipinski definition) is 1. The average Bonchev–Trinajstić information content (AvgIpc) is 3.01. The van der Waals surface area contributed by atoms with Crippen molar-refractivity contribution in [2.24, 2.45) is 0 Å². The molecule has 138 valence electrons. The van der Waals surface area contributed by atoms with Crippen LogP contribution >= 0.6 is 0 Å². The van der Waals surface area contributed by atoms with Crippen LogP contribution in [0, 0.1) is 0 Å². The van der Waals surface area contributed by atoms with Crippen molar-refractivity contribution in [1.29, 1.82) is 0 Å². The smallest absolute Gasteiger partial charge is 0.164 e. The summed E-state index contributed by atoms with van der Waals surface area (Å²) < 4.78 is 17.7. The minimum Gasteiger partial charge on any atom is -0.497 e. The molecule has 1 heterocycles. The maximum atomic E-state index is 11.0. The topological polar surface area (TPSA) is 47.9 Å². The molecule has 2 aliphatic rings. The lowest BCUT2D eigenvalue weighted by molar-refractivity contribution is -0.155. The first kappa shape index (κ1) is 16.8. The highest BCUT2D eigenvalue weighted by atomic mass is 16.8. The van der Waals surface area contributed by atoms with Crippen molar-refractivity contribution in [3.05, 3.63) is 65.7 Å². The Hall–Kier alpha value is -2.40. The molecule has 27 heavy (non-hydrogen) atoms. The van der Waals surface area contributed by atoms with Crippen LogP contribution in [0.1, 0.15) is 37.2 Å². The van der Waals surface area contributed by atoms with Crippen molar-refractivity contribution in [3.63, 3.8) is 0 Å². The largest absolute Gasteiger partial charge is 0.497 e. The number of methoxy groups -OCH3 is 1. The Balaban J connectivity index is 1.79. The van der Waals surface area contributed by atoms with Gasteiger partial charge in [-0.05, 0) is 59.0 Å². The molecular formula is C23H22O4. The molecule has 4 nitrogen and oxygen atoms in total. The summed E-state index contributed by atoms with van der Waals surface area (Å²) in [5, 5.41) is 13.2. The van der Waals surface area contributed by atoms with Gasteiger partial charge < -0.3 is 19.3 Å². The summed E-state index contributed by atoms with van der Waals surface area (Å²) in [6.07, 6.45) is -1.44. The molecule has 0 unspecified atom stereocenters. The van der Waals surface area contributed by atoms with Crippen LogP contribution in [0.2, 0.25) is 0 Å². The first-order valence-corrected chi connectivity index (χ1v) is 9.22. The SMILES string of the molecule is COc1ccc(-c2ccc3cccc4c3c2[C@H]2OC(C)(C)O[C@H]2[C@@H]4O)cc1. The number of aliphatic hydroxyl groups is 1. The zero-order valence-electron chi connectivity index (χ0n) is 15.6. The molecular weight excluding hydrogens is 340 g/mol. The van der Waals surface area contributed by atoms with Crippen LogP contribution in [0.3, 0.4) is 0 Å². The van der Waals surface area contributed by atoms with E-state index in [9.17, 15) is 5.11 Å². The summed E-state index contributed by atoms with van der Waals surface area (Å²) in [4.78, 5) is 0. The predicted octanol–water partition coefficient (Wildman–Crippen LogP) is 4.76. The van der Waals surface area contributed by atoms with Crippen LogP contribution in [0.5, 0.6) is 5.75 Å². The third kappa shape index (κ3) is 2.48. The second kappa shape index (κ2) is 5.80. The molecule has 0 bridgehead atoms. The normalized spacial score (nSPS) is 25.4. The molecule has 3 aromatic rings. The van der Waals surface area contributed by atoms with E-state index in [1.807, 2.05) is 38.1 Å². The molecule has 0 aromatic heterocycles. The Morgan fingerprint density at radius 2 is 1.74 bits per heavy atom. The van der Waals surface area contributed by atoms with Crippen LogP contribution in [-0.4, -0.2) is 24.1 Å². The van der Waals surface area contributed by atoms with Gasteiger partial charge in [-0.2, -0.15) is 0 Å². The van der Waals surface area contributed by atoms with E-state index in [0.717, 1.165) is 38.8 Å². The Bertz CT molecular complexity index is 1020. The van der Waals surface area contributed by atoms with Gasteiger partial charge in [0.1, 0.15) is 24.1 Å². The van der Waals surface area contributed by atoms with Crippen LogP contribution < -0.4 is 4.74 Å². The third-order valence-electron chi connectivity index (χ3n) is 5.56. The van der Waals surface area contributed by atoms with Crippen molar-refractivity contribution in [2.75, 3.05) is 7.11 Å². The average molecular weight is 362 g/mol. The van der Waals surface area contributed by atoms with E-state index in [2.05, 4.69) is 30.3 Å². The van der Waals surface area contributed by atoms with Gasteiger partial charge in [-0.1, -0.05) is 42.5 Å². The molecule has 0 amide bonds. The molecule has 3 atom stereocenters. The van der Waals surface area contributed by atoms with Crippen LogP contribution in [0.4, 0.5) is 0 Å². The zero-order valence-corrected chi connectivity index (χ0v) is 15.6. The van der Waals surface area contributed by atoms with Gasteiger partial charge in [0.05, 0.1) is 7.11 Å². The van der Waals surface area contributed by atoms with E-state index in [4.69, 9.17) is 14.2 Å². The van der Waals surface area contributed by atoms with Crippen molar-refractivity contribution < 1.29 is 19.3 Å². The highest BCUT2D eigenvalue weighted by Gasteiger charge is 2.50. The summed E-state index contributed by atoms with van der Waals surface area (Å²) >= 11 is 0. The fourth-order valence-corrected chi connectivity index (χ4v) is 4.42. The summed E-state index contributed by atoms with van der Waals surface area (Å²) in [5.41, 5.74) is 4.18. The summed E-state index contributed by atoms with van der Waals surface area (Å²) in [6.45, 7) is 3.80. The Kier molecular flexibility index (Phi) is 3.60. The molecule has 1 aliphatic heterocycles. The highest BCUT2D eigenvalue weighted by molar-refractivity contribution is 5.96. The molecule has 4 heteroatoms. The van der Waals surface area contributed by atoms with Gasteiger partial charge in [0.25, 0.3) is 0 Å². The van der Waals surface area contributed by atoms with Gasteiger partial charge in [-0.15, -0.1) is 0 Å². The molecule has 5 rings (SSSR count). The number of ether oxygens (including phenoxy) is 3. The Morgan fingerprint density at radius 3 is 2.48 bits per heavy atom. The Labute approximate surface area is 158 Å². The first-order valence-electron chi connectivity index (χ1n) is 9.22. The molecule has 3 aromatic carbocycles. The van der Waals surface area contributed by atoms with Gasteiger partial charge in [0.15, 0.2) is 5.79 Å². The van der Waals surface area contributed by atoms with E-state index in [0.29, 0.717) is 0 Å². The van der Waals surface area contributed by atoms with Gasteiger partial charge in [-0.3, -0.25) is 0 Å². The maximum Gasteiger partial charge on any atom is 0.164 e. The minimum absolute atomic E-state index is 0.314. The van der Waals surface area contributed by atoms with E-state index in [-0.39, 0.29) is 6.10 Å². The number of benzene rings is 3. The quantitative estimate of drug-likeness (QED) is 0.714. The lowest BCUT2D eigenvalue weighted by Gasteiger charge is -2.32. The first-order chi connectivity index (χ1) is 13.0. The molecule has 1 fully saturated rings. The highest BCUT2D eigenvalue weighted by Crippen LogP contribution is 2.53. The van der Waals surface area contributed by atoms with Crippen LogP contribution in [-0.2, 0) is 9.47 Å². The Morgan fingerprint density at radius 1 is 0.963 bits per heavy atom. The van der Waals surface area contributed by atoms with Crippen molar-refractivity contribution in [3.8, 4) is 16.9 Å². The van der Waals surface area contributed by atoms with Gasteiger partial charge in [0.2, 0.25) is 0 Å². The summed E-state index contributed by atoms with van der Waals surface area (Å²) in [5.74, 6) is 0.0845. The number of hydrogen-bond acceptors (Lipinski definition) is 4.